The molecule has 0 aliphatic carbocycles. The Morgan fingerprint density at radius 2 is 1.92 bits per heavy atom. The Morgan fingerprint density at radius 1 is 1.31 bits per heavy atom. The van der Waals surface area contributed by atoms with Crippen molar-refractivity contribution in [2.75, 3.05) is 0 Å². The maximum Gasteiger partial charge on any atom is 0.163 e. The van der Waals surface area contributed by atoms with Gasteiger partial charge >= 0.3 is 0 Å². The predicted octanol–water partition coefficient (Wildman–Crippen LogP) is 2.21. The molecule has 0 saturated carbocycles. The molecule has 0 aliphatic heterocycles. The molecule has 67 valence electrons. The Kier molecular flexibility index (Phi) is 2.61. The Labute approximate surface area is 77.6 Å². The van der Waals surface area contributed by atoms with E-state index in [0.29, 0.717) is 11.1 Å². The van der Waals surface area contributed by atoms with Crippen molar-refractivity contribution in [1.82, 2.24) is 0 Å². The third kappa shape index (κ3) is 2.02. The van der Waals surface area contributed by atoms with E-state index in [1.807, 2.05) is 6.92 Å². The SMILES string of the molecule is [CH2]C(=O)c1ccc(C(C)=O)c(C)c1. The largest absolute Gasteiger partial charge is 0.295 e. The molecule has 1 aromatic rings. The summed E-state index contributed by atoms with van der Waals surface area (Å²) in [7, 11) is 0. The molecule has 0 aromatic heterocycles. The molecule has 0 saturated heterocycles. The second kappa shape index (κ2) is 3.52. The lowest BCUT2D eigenvalue weighted by atomic mass is 10.0. The molecule has 0 fully saturated rings. The molecule has 0 aliphatic rings. The van der Waals surface area contributed by atoms with Gasteiger partial charge < -0.3 is 0 Å². The number of rotatable bonds is 2. The van der Waals surface area contributed by atoms with Crippen LogP contribution in [0.5, 0.6) is 0 Å². The topological polar surface area (TPSA) is 34.1 Å². The normalized spacial score (nSPS) is 9.77. The van der Waals surface area contributed by atoms with Crippen molar-refractivity contribution in [3.05, 3.63) is 41.8 Å². The summed E-state index contributed by atoms with van der Waals surface area (Å²) in [5.74, 6) is -0.209. The van der Waals surface area contributed by atoms with Crippen molar-refractivity contribution >= 4 is 11.6 Å². The summed E-state index contributed by atoms with van der Waals surface area (Å²) in [6.45, 7) is 6.62. The fraction of sp³-hybridized carbons (Fsp3) is 0.182. The smallest absolute Gasteiger partial charge is 0.163 e. The Bertz CT molecular complexity index is 364. The average Bonchev–Trinajstić information content (AvgIpc) is 2.03. The zero-order valence-corrected chi connectivity index (χ0v) is 7.76. The lowest BCUT2D eigenvalue weighted by Gasteiger charge is -2.02. The number of benzene rings is 1. The summed E-state index contributed by atoms with van der Waals surface area (Å²) in [4.78, 5) is 21.9. The number of carbonyl (C=O) groups is 2. The van der Waals surface area contributed by atoms with Gasteiger partial charge in [-0.15, -0.1) is 0 Å². The first-order chi connectivity index (χ1) is 6.02. The third-order valence-electron chi connectivity index (χ3n) is 1.93. The van der Waals surface area contributed by atoms with Gasteiger partial charge in [0, 0.05) is 18.1 Å². The maximum absolute atomic E-state index is 11.0. The molecule has 0 atom stereocenters. The minimum Gasteiger partial charge on any atom is -0.295 e. The van der Waals surface area contributed by atoms with Crippen molar-refractivity contribution in [3.8, 4) is 0 Å². The molecular weight excluding hydrogens is 164 g/mol. The second-order valence-corrected chi connectivity index (χ2v) is 3.01. The van der Waals surface area contributed by atoms with Crippen LogP contribution in [-0.4, -0.2) is 11.6 Å². The third-order valence-corrected chi connectivity index (χ3v) is 1.93. The van der Waals surface area contributed by atoms with Gasteiger partial charge in [-0.3, -0.25) is 9.59 Å². The predicted molar refractivity (Wildman–Crippen MR) is 50.9 cm³/mol. The van der Waals surface area contributed by atoms with Crippen LogP contribution in [0.1, 0.15) is 33.2 Å². The average molecular weight is 175 g/mol. The van der Waals surface area contributed by atoms with Gasteiger partial charge in [-0.1, -0.05) is 12.1 Å². The summed E-state index contributed by atoms with van der Waals surface area (Å²) >= 11 is 0. The molecule has 0 N–H and O–H groups in total. The molecule has 2 nitrogen and oxygen atoms in total. The molecular formula is C11H11O2. The van der Waals surface area contributed by atoms with Gasteiger partial charge in [0.1, 0.15) is 0 Å². The molecule has 0 amide bonds. The lowest BCUT2D eigenvalue weighted by Crippen LogP contribution is -1.99. The van der Waals surface area contributed by atoms with Gasteiger partial charge in [0.2, 0.25) is 0 Å². The summed E-state index contributed by atoms with van der Waals surface area (Å²) < 4.78 is 0. The van der Waals surface area contributed by atoms with Crippen LogP contribution in [0.25, 0.3) is 0 Å². The zero-order chi connectivity index (χ0) is 10.0. The van der Waals surface area contributed by atoms with E-state index in [4.69, 9.17) is 0 Å². The first kappa shape index (κ1) is 9.65. The van der Waals surface area contributed by atoms with Gasteiger partial charge in [-0.25, -0.2) is 0 Å². The molecule has 13 heavy (non-hydrogen) atoms. The quantitative estimate of drug-likeness (QED) is 0.646. The lowest BCUT2D eigenvalue weighted by molar-refractivity contribution is 0.101. The number of hydrogen-bond donors (Lipinski definition) is 0. The van der Waals surface area contributed by atoms with E-state index in [2.05, 4.69) is 6.92 Å². The summed E-state index contributed by atoms with van der Waals surface area (Å²) in [6.07, 6.45) is 0. The van der Waals surface area contributed by atoms with Crippen molar-refractivity contribution in [2.45, 2.75) is 13.8 Å². The molecule has 1 rings (SSSR count). The van der Waals surface area contributed by atoms with Crippen LogP contribution in [0, 0.1) is 13.8 Å². The summed E-state index contributed by atoms with van der Waals surface area (Å²) in [5, 5.41) is 0. The number of ketones is 2. The highest BCUT2D eigenvalue weighted by Crippen LogP contribution is 2.11. The Morgan fingerprint density at radius 3 is 2.31 bits per heavy atom. The summed E-state index contributed by atoms with van der Waals surface area (Å²) in [5.41, 5.74) is 2.02. The van der Waals surface area contributed by atoms with E-state index in [-0.39, 0.29) is 11.6 Å². The van der Waals surface area contributed by atoms with Gasteiger partial charge in [-0.2, -0.15) is 0 Å². The van der Waals surface area contributed by atoms with E-state index in [1.54, 1.807) is 18.2 Å². The van der Waals surface area contributed by atoms with E-state index in [1.165, 1.54) is 6.92 Å². The van der Waals surface area contributed by atoms with Crippen molar-refractivity contribution in [2.24, 2.45) is 0 Å². The second-order valence-electron chi connectivity index (χ2n) is 3.01. The maximum atomic E-state index is 11.0. The highest BCUT2D eigenvalue weighted by atomic mass is 16.1. The van der Waals surface area contributed by atoms with Gasteiger partial charge in [0.25, 0.3) is 0 Å². The minimum atomic E-state index is -0.224. The molecule has 2 heteroatoms. The molecule has 0 spiro atoms. The van der Waals surface area contributed by atoms with E-state index in [9.17, 15) is 9.59 Å². The first-order valence-electron chi connectivity index (χ1n) is 4.00. The van der Waals surface area contributed by atoms with Crippen LogP contribution < -0.4 is 0 Å². The number of carbonyl (C=O) groups excluding carboxylic acids is 2. The van der Waals surface area contributed by atoms with Gasteiger partial charge in [0.15, 0.2) is 11.6 Å². The van der Waals surface area contributed by atoms with Crippen LogP contribution in [-0.2, 0) is 0 Å². The Balaban J connectivity index is 3.20. The van der Waals surface area contributed by atoms with Crippen LogP contribution in [0.3, 0.4) is 0 Å². The molecule has 0 unspecified atom stereocenters. The van der Waals surface area contributed by atoms with E-state index < -0.39 is 0 Å². The molecule has 1 radical (unpaired) electrons. The Hall–Kier alpha value is -1.44. The minimum absolute atomic E-state index is 0.0144. The van der Waals surface area contributed by atoms with Crippen molar-refractivity contribution < 1.29 is 9.59 Å². The summed E-state index contributed by atoms with van der Waals surface area (Å²) in [6, 6.07) is 4.97. The molecule has 0 heterocycles. The zero-order valence-electron chi connectivity index (χ0n) is 7.76. The van der Waals surface area contributed by atoms with Crippen LogP contribution in [0.15, 0.2) is 18.2 Å². The highest BCUT2D eigenvalue weighted by molar-refractivity contribution is 6.01. The van der Waals surface area contributed by atoms with Crippen LogP contribution in [0.4, 0.5) is 0 Å². The van der Waals surface area contributed by atoms with Gasteiger partial charge in [0.05, 0.1) is 0 Å². The van der Waals surface area contributed by atoms with Crippen LogP contribution in [0.2, 0.25) is 0 Å². The highest BCUT2D eigenvalue weighted by Gasteiger charge is 2.06. The van der Waals surface area contributed by atoms with E-state index in [0.717, 1.165) is 5.56 Å². The van der Waals surface area contributed by atoms with Crippen molar-refractivity contribution in [1.29, 1.82) is 0 Å². The molecule has 0 bridgehead atoms. The van der Waals surface area contributed by atoms with Gasteiger partial charge in [-0.05, 0) is 25.5 Å². The monoisotopic (exact) mass is 175 g/mol. The molecule has 1 aromatic carbocycles. The fourth-order valence-electron chi connectivity index (χ4n) is 1.23. The first-order valence-corrected chi connectivity index (χ1v) is 4.00. The standard InChI is InChI=1S/C11H11O2/c1-7-6-10(8(2)12)4-5-11(7)9(3)13/h4-6H,2H2,1,3H3. The fourth-order valence-corrected chi connectivity index (χ4v) is 1.23. The van der Waals surface area contributed by atoms with Crippen LogP contribution >= 0.6 is 0 Å². The van der Waals surface area contributed by atoms with Crippen molar-refractivity contribution in [3.63, 3.8) is 0 Å². The number of Topliss-reactive ketones (excluding diaryl/α,β-unsaturated/α-hetero) is 2. The number of aryl methyl sites for hydroxylation is 1. The van der Waals surface area contributed by atoms with E-state index >= 15 is 0 Å². The number of hydrogen-bond acceptors (Lipinski definition) is 2.